The fraction of sp³-hybridized carbons (Fsp3) is 0.394. The van der Waals surface area contributed by atoms with E-state index in [2.05, 4.69) is 0 Å². The van der Waals surface area contributed by atoms with Crippen LogP contribution in [0.5, 0.6) is 17.2 Å². The summed E-state index contributed by atoms with van der Waals surface area (Å²) in [6, 6.07) is 12.1. The summed E-state index contributed by atoms with van der Waals surface area (Å²) in [4.78, 5) is 49.2. The molecule has 0 spiro atoms. The SMILES string of the molecule is CCN(CC)C(=O)C1=C(C)N=c2s/c(=C\c3ccc(OCC(=O)N4CCCC4)c(OC)c3)c(=O)n2[C@H]1c1ccccc1OC. The highest BCUT2D eigenvalue weighted by molar-refractivity contribution is 7.07. The largest absolute Gasteiger partial charge is 0.496 e. The van der Waals surface area contributed by atoms with Crippen LogP contribution < -0.4 is 29.1 Å². The maximum Gasteiger partial charge on any atom is 0.271 e. The second-order valence-electron chi connectivity index (χ2n) is 10.6. The van der Waals surface area contributed by atoms with E-state index in [1.807, 2.05) is 56.0 Å². The van der Waals surface area contributed by atoms with Crippen molar-refractivity contribution in [3.8, 4) is 17.2 Å². The first-order valence-corrected chi connectivity index (χ1v) is 15.7. The quantitative estimate of drug-likeness (QED) is 0.346. The van der Waals surface area contributed by atoms with Crippen molar-refractivity contribution in [2.75, 3.05) is 47.0 Å². The van der Waals surface area contributed by atoms with Crippen LogP contribution in [0.2, 0.25) is 0 Å². The van der Waals surface area contributed by atoms with Gasteiger partial charge >= 0.3 is 0 Å². The number of rotatable bonds is 10. The van der Waals surface area contributed by atoms with Crippen molar-refractivity contribution in [3.05, 3.63) is 84.5 Å². The highest BCUT2D eigenvalue weighted by Gasteiger charge is 2.35. The van der Waals surface area contributed by atoms with E-state index in [0.717, 1.165) is 25.9 Å². The van der Waals surface area contributed by atoms with Gasteiger partial charge < -0.3 is 24.0 Å². The molecule has 2 aromatic carbocycles. The second kappa shape index (κ2) is 13.5. The van der Waals surface area contributed by atoms with Gasteiger partial charge in [0.25, 0.3) is 17.4 Å². The standard InChI is InChI=1S/C33H38N4O6S/c1-6-35(7-2)32(40)29-21(3)34-33-37(30(29)23-12-8-9-13-24(23)41-4)31(39)27(44-33)19-22-14-15-25(26(18-22)42-5)43-20-28(38)36-16-10-11-17-36/h8-9,12-15,18-19,30H,6-7,10-11,16-17,20H2,1-5H3/b27-19-/t30-/m0/s1. The van der Waals surface area contributed by atoms with Crippen LogP contribution >= 0.6 is 11.3 Å². The molecule has 2 aliphatic heterocycles. The molecule has 44 heavy (non-hydrogen) atoms. The van der Waals surface area contributed by atoms with E-state index in [-0.39, 0.29) is 24.0 Å². The Morgan fingerprint density at radius 1 is 1.02 bits per heavy atom. The van der Waals surface area contributed by atoms with Crippen LogP contribution in [0.25, 0.3) is 6.08 Å². The number of nitrogens with zero attached hydrogens (tertiary/aromatic N) is 4. The third-order valence-electron chi connectivity index (χ3n) is 8.03. The number of allylic oxidation sites excluding steroid dienone is 1. The summed E-state index contributed by atoms with van der Waals surface area (Å²) in [7, 11) is 3.11. The number of hydrogen-bond acceptors (Lipinski definition) is 8. The number of fused-ring (bicyclic) bond motifs is 1. The van der Waals surface area contributed by atoms with E-state index in [1.54, 1.807) is 34.8 Å². The molecule has 1 saturated heterocycles. The highest BCUT2D eigenvalue weighted by atomic mass is 32.1. The number of carbonyl (C=O) groups is 2. The fourth-order valence-corrected chi connectivity index (χ4v) is 6.75. The molecule has 0 radical (unpaired) electrons. The molecule has 0 unspecified atom stereocenters. The van der Waals surface area contributed by atoms with Crippen LogP contribution in [-0.2, 0) is 9.59 Å². The van der Waals surface area contributed by atoms with Gasteiger partial charge in [-0.05, 0) is 63.5 Å². The van der Waals surface area contributed by atoms with Crippen molar-refractivity contribution in [1.82, 2.24) is 14.4 Å². The first-order valence-electron chi connectivity index (χ1n) is 14.8. The fourth-order valence-electron chi connectivity index (χ4n) is 5.70. The molecular weight excluding hydrogens is 580 g/mol. The molecule has 3 heterocycles. The number of likely N-dealkylation sites (tertiary alicyclic amines) is 1. The summed E-state index contributed by atoms with van der Waals surface area (Å²) in [6.45, 7) is 8.20. The van der Waals surface area contributed by atoms with Crippen LogP contribution in [0, 0.1) is 0 Å². The van der Waals surface area contributed by atoms with Gasteiger partial charge in [-0.2, -0.15) is 0 Å². The van der Waals surface area contributed by atoms with Gasteiger partial charge in [-0.25, -0.2) is 4.99 Å². The Hall–Kier alpha value is -4.38. The van der Waals surface area contributed by atoms with Crippen molar-refractivity contribution in [2.45, 2.75) is 39.7 Å². The number of ether oxygens (including phenoxy) is 3. The van der Waals surface area contributed by atoms with Crippen molar-refractivity contribution in [1.29, 1.82) is 0 Å². The van der Waals surface area contributed by atoms with Gasteiger partial charge in [-0.3, -0.25) is 19.0 Å². The van der Waals surface area contributed by atoms with Crippen molar-refractivity contribution in [3.63, 3.8) is 0 Å². The van der Waals surface area contributed by atoms with E-state index < -0.39 is 6.04 Å². The summed E-state index contributed by atoms with van der Waals surface area (Å²) < 4.78 is 19.1. The summed E-state index contributed by atoms with van der Waals surface area (Å²) in [6.07, 6.45) is 3.81. The number of benzene rings is 2. The molecule has 0 bridgehead atoms. The lowest BCUT2D eigenvalue weighted by atomic mass is 9.94. The molecule has 1 fully saturated rings. The molecule has 11 heteroatoms. The molecule has 2 aliphatic rings. The van der Waals surface area contributed by atoms with E-state index in [0.29, 0.717) is 62.1 Å². The monoisotopic (exact) mass is 618 g/mol. The lowest BCUT2D eigenvalue weighted by molar-refractivity contribution is -0.132. The predicted octanol–water partition coefficient (Wildman–Crippen LogP) is 3.12. The molecule has 5 rings (SSSR count). The third-order valence-corrected chi connectivity index (χ3v) is 9.01. The summed E-state index contributed by atoms with van der Waals surface area (Å²) in [5.74, 6) is 1.27. The second-order valence-corrected chi connectivity index (χ2v) is 11.6. The summed E-state index contributed by atoms with van der Waals surface area (Å²) in [5.41, 5.74) is 2.17. The minimum atomic E-state index is -0.712. The van der Waals surface area contributed by atoms with Gasteiger partial charge in [-0.1, -0.05) is 35.6 Å². The average Bonchev–Trinajstić information content (AvgIpc) is 3.68. The van der Waals surface area contributed by atoms with Gasteiger partial charge in [0.2, 0.25) is 0 Å². The summed E-state index contributed by atoms with van der Waals surface area (Å²) >= 11 is 1.26. The zero-order valence-corrected chi connectivity index (χ0v) is 26.6. The smallest absolute Gasteiger partial charge is 0.271 e. The molecule has 2 amide bonds. The van der Waals surface area contributed by atoms with Crippen LogP contribution in [0.15, 0.2) is 63.5 Å². The minimum absolute atomic E-state index is 0.0477. The lowest BCUT2D eigenvalue weighted by Crippen LogP contribution is -2.43. The van der Waals surface area contributed by atoms with E-state index in [4.69, 9.17) is 19.2 Å². The summed E-state index contributed by atoms with van der Waals surface area (Å²) in [5, 5.41) is 0. The molecule has 0 aliphatic carbocycles. The molecule has 232 valence electrons. The lowest BCUT2D eigenvalue weighted by Gasteiger charge is -2.29. The zero-order chi connectivity index (χ0) is 31.4. The maximum atomic E-state index is 14.1. The number of para-hydroxylation sites is 1. The topological polar surface area (TPSA) is 103 Å². The Morgan fingerprint density at radius 2 is 1.73 bits per heavy atom. The number of carbonyl (C=O) groups excluding carboxylic acids is 2. The molecule has 1 aromatic heterocycles. The predicted molar refractivity (Wildman–Crippen MR) is 169 cm³/mol. The molecule has 1 atom stereocenters. The van der Waals surface area contributed by atoms with Gasteiger partial charge in [0.1, 0.15) is 11.8 Å². The molecule has 0 saturated carbocycles. The van der Waals surface area contributed by atoms with Crippen molar-refractivity contribution in [2.24, 2.45) is 4.99 Å². The van der Waals surface area contributed by atoms with Gasteiger partial charge in [0, 0.05) is 31.7 Å². The Morgan fingerprint density at radius 3 is 2.41 bits per heavy atom. The molecular formula is C33H38N4O6S. The zero-order valence-electron chi connectivity index (χ0n) is 25.8. The van der Waals surface area contributed by atoms with Gasteiger partial charge in [-0.15, -0.1) is 0 Å². The number of amides is 2. The Balaban J connectivity index is 1.55. The van der Waals surface area contributed by atoms with E-state index >= 15 is 0 Å². The van der Waals surface area contributed by atoms with E-state index in [1.165, 1.54) is 18.4 Å². The normalized spacial score (nSPS) is 16.4. The number of likely N-dealkylation sites (N-methyl/N-ethyl adjacent to an activating group) is 1. The van der Waals surface area contributed by atoms with E-state index in [9.17, 15) is 14.4 Å². The van der Waals surface area contributed by atoms with Crippen molar-refractivity contribution >= 4 is 29.2 Å². The van der Waals surface area contributed by atoms with Crippen LogP contribution in [0.4, 0.5) is 0 Å². The number of hydrogen-bond donors (Lipinski definition) is 0. The third kappa shape index (κ3) is 6.01. The molecule has 3 aromatic rings. The highest BCUT2D eigenvalue weighted by Crippen LogP contribution is 2.36. The van der Waals surface area contributed by atoms with Crippen molar-refractivity contribution < 1.29 is 23.8 Å². The minimum Gasteiger partial charge on any atom is -0.496 e. The maximum absolute atomic E-state index is 14.1. The number of thiazole rings is 1. The number of methoxy groups -OCH3 is 2. The van der Waals surface area contributed by atoms with Gasteiger partial charge in [0.15, 0.2) is 22.9 Å². The molecule has 10 nitrogen and oxygen atoms in total. The van der Waals surface area contributed by atoms with Gasteiger partial charge in [0.05, 0.1) is 30.0 Å². The molecule has 0 N–H and O–H groups in total. The Bertz CT molecular complexity index is 1760. The average molecular weight is 619 g/mol. The first-order chi connectivity index (χ1) is 21.3. The number of aromatic nitrogens is 1. The Kier molecular flexibility index (Phi) is 9.53. The van der Waals surface area contributed by atoms with Crippen LogP contribution in [0.3, 0.4) is 0 Å². The Labute approximate surface area is 260 Å². The first kappa shape index (κ1) is 31.1. The van der Waals surface area contributed by atoms with Crippen LogP contribution in [-0.4, -0.2) is 73.2 Å². The van der Waals surface area contributed by atoms with Crippen LogP contribution in [0.1, 0.15) is 50.8 Å².